The SMILES string of the molecule is CCCCCC(C)NC(=S)NCCC. The molecule has 84 valence electrons. The zero-order chi connectivity index (χ0) is 10.8. The van der Waals surface area contributed by atoms with Crippen LogP contribution in [0, 0.1) is 0 Å². The lowest BCUT2D eigenvalue weighted by Gasteiger charge is -2.16. The molecule has 0 heterocycles. The van der Waals surface area contributed by atoms with Crippen molar-refractivity contribution < 1.29 is 0 Å². The number of rotatable bonds is 7. The highest BCUT2D eigenvalue weighted by molar-refractivity contribution is 7.80. The number of hydrogen-bond donors (Lipinski definition) is 2. The van der Waals surface area contributed by atoms with Crippen LogP contribution >= 0.6 is 12.2 Å². The lowest BCUT2D eigenvalue weighted by atomic mass is 10.1. The average Bonchev–Trinajstić information content (AvgIpc) is 2.15. The first-order valence-electron chi connectivity index (χ1n) is 5.75. The van der Waals surface area contributed by atoms with Gasteiger partial charge in [0.05, 0.1) is 0 Å². The van der Waals surface area contributed by atoms with Gasteiger partial charge >= 0.3 is 0 Å². The van der Waals surface area contributed by atoms with Gasteiger partial charge in [0.1, 0.15) is 0 Å². The van der Waals surface area contributed by atoms with E-state index < -0.39 is 0 Å². The summed E-state index contributed by atoms with van der Waals surface area (Å²) in [5.41, 5.74) is 0. The first-order chi connectivity index (χ1) is 6.70. The zero-order valence-corrected chi connectivity index (χ0v) is 10.5. The fourth-order valence-electron chi connectivity index (χ4n) is 1.29. The smallest absolute Gasteiger partial charge is 0.166 e. The summed E-state index contributed by atoms with van der Waals surface area (Å²) < 4.78 is 0. The number of hydrogen-bond acceptors (Lipinski definition) is 1. The molecule has 14 heavy (non-hydrogen) atoms. The van der Waals surface area contributed by atoms with Crippen LogP contribution in [0.3, 0.4) is 0 Å². The van der Waals surface area contributed by atoms with Gasteiger partial charge in [-0.05, 0) is 32.0 Å². The number of unbranched alkanes of at least 4 members (excludes halogenated alkanes) is 2. The van der Waals surface area contributed by atoms with Crippen molar-refractivity contribution >= 4 is 17.3 Å². The average molecular weight is 216 g/mol. The van der Waals surface area contributed by atoms with Crippen molar-refractivity contribution in [1.29, 1.82) is 0 Å². The van der Waals surface area contributed by atoms with Crippen molar-refractivity contribution in [3.63, 3.8) is 0 Å². The van der Waals surface area contributed by atoms with Crippen molar-refractivity contribution in [2.24, 2.45) is 0 Å². The second-order valence-electron chi connectivity index (χ2n) is 3.80. The van der Waals surface area contributed by atoms with Crippen molar-refractivity contribution in [2.45, 2.75) is 58.9 Å². The lowest BCUT2D eigenvalue weighted by Crippen LogP contribution is -2.40. The summed E-state index contributed by atoms with van der Waals surface area (Å²) in [6.45, 7) is 7.52. The van der Waals surface area contributed by atoms with E-state index in [-0.39, 0.29) is 0 Å². The minimum Gasteiger partial charge on any atom is -0.363 e. The van der Waals surface area contributed by atoms with Gasteiger partial charge in [-0.15, -0.1) is 0 Å². The highest BCUT2D eigenvalue weighted by atomic mass is 32.1. The van der Waals surface area contributed by atoms with Crippen molar-refractivity contribution in [3.05, 3.63) is 0 Å². The fraction of sp³-hybridized carbons (Fsp3) is 0.909. The van der Waals surface area contributed by atoms with Gasteiger partial charge in [0.25, 0.3) is 0 Å². The predicted octanol–water partition coefficient (Wildman–Crippen LogP) is 2.83. The molecule has 0 aliphatic rings. The van der Waals surface area contributed by atoms with E-state index in [1.165, 1.54) is 25.7 Å². The van der Waals surface area contributed by atoms with E-state index in [4.69, 9.17) is 12.2 Å². The third kappa shape index (κ3) is 8.30. The molecule has 0 aliphatic heterocycles. The van der Waals surface area contributed by atoms with Crippen LogP contribution in [0.2, 0.25) is 0 Å². The molecule has 0 aliphatic carbocycles. The Morgan fingerprint density at radius 1 is 1.21 bits per heavy atom. The van der Waals surface area contributed by atoms with E-state index in [0.29, 0.717) is 6.04 Å². The van der Waals surface area contributed by atoms with E-state index in [2.05, 4.69) is 31.4 Å². The highest BCUT2D eigenvalue weighted by Crippen LogP contribution is 2.02. The number of nitrogens with one attached hydrogen (secondary N) is 2. The quantitative estimate of drug-likeness (QED) is 0.505. The monoisotopic (exact) mass is 216 g/mol. The van der Waals surface area contributed by atoms with Crippen LogP contribution < -0.4 is 10.6 Å². The Balaban J connectivity index is 3.40. The predicted molar refractivity (Wildman–Crippen MR) is 67.6 cm³/mol. The Labute approximate surface area is 93.8 Å². The second-order valence-corrected chi connectivity index (χ2v) is 4.21. The molecule has 2 N–H and O–H groups in total. The normalized spacial score (nSPS) is 12.2. The summed E-state index contributed by atoms with van der Waals surface area (Å²) in [5, 5.41) is 7.27. The molecule has 0 aromatic heterocycles. The molecule has 0 fully saturated rings. The minimum atomic E-state index is 0.499. The zero-order valence-electron chi connectivity index (χ0n) is 9.73. The molecule has 2 nitrogen and oxygen atoms in total. The van der Waals surface area contributed by atoms with Crippen molar-refractivity contribution in [1.82, 2.24) is 10.6 Å². The molecular weight excluding hydrogens is 192 g/mol. The van der Waals surface area contributed by atoms with Crippen LogP contribution in [-0.4, -0.2) is 17.7 Å². The van der Waals surface area contributed by atoms with Crippen LogP contribution in [0.15, 0.2) is 0 Å². The van der Waals surface area contributed by atoms with E-state index in [0.717, 1.165) is 18.1 Å². The van der Waals surface area contributed by atoms with Crippen LogP contribution in [0.4, 0.5) is 0 Å². The van der Waals surface area contributed by atoms with Gasteiger partial charge in [0.15, 0.2) is 5.11 Å². The summed E-state index contributed by atoms with van der Waals surface area (Å²) in [5.74, 6) is 0. The molecule has 3 heteroatoms. The lowest BCUT2D eigenvalue weighted by molar-refractivity contribution is 0.550. The van der Waals surface area contributed by atoms with Crippen LogP contribution in [0.25, 0.3) is 0 Å². The molecule has 0 aromatic rings. The molecule has 0 amide bonds. The highest BCUT2D eigenvalue weighted by Gasteiger charge is 2.02. The van der Waals surface area contributed by atoms with Crippen LogP contribution in [0.1, 0.15) is 52.9 Å². The molecule has 0 spiro atoms. The first-order valence-corrected chi connectivity index (χ1v) is 6.15. The van der Waals surface area contributed by atoms with Crippen molar-refractivity contribution in [3.8, 4) is 0 Å². The Bertz CT molecular complexity index is 148. The molecule has 1 unspecified atom stereocenters. The summed E-state index contributed by atoms with van der Waals surface area (Å²) >= 11 is 5.15. The maximum atomic E-state index is 5.15. The van der Waals surface area contributed by atoms with Gasteiger partial charge in [-0.3, -0.25) is 0 Å². The minimum absolute atomic E-state index is 0.499. The van der Waals surface area contributed by atoms with Gasteiger partial charge in [-0.2, -0.15) is 0 Å². The summed E-state index contributed by atoms with van der Waals surface area (Å²) in [6, 6.07) is 0.499. The number of thiocarbonyl (C=S) groups is 1. The topological polar surface area (TPSA) is 24.1 Å². The maximum absolute atomic E-state index is 5.15. The Kier molecular flexibility index (Phi) is 9.05. The fourth-order valence-corrected chi connectivity index (χ4v) is 1.59. The van der Waals surface area contributed by atoms with Crippen LogP contribution in [0.5, 0.6) is 0 Å². The third-order valence-electron chi connectivity index (χ3n) is 2.15. The van der Waals surface area contributed by atoms with E-state index in [9.17, 15) is 0 Å². The standard InChI is InChI=1S/C11H24N2S/c1-4-6-7-8-10(3)13-11(14)12-9-5-2/h10H,4-9H2,1-3H3,(H2,12,13,14). The second kappa shape index (κ2) is 9.25. The molecule has 0 aromatic carbocycles. The summed E-state index contributed by atoms with van der Waals surface area (Å²) in [6.07, 6.45) is 6.22. The largest absolute Gasteiger partial charge is 0.363 e. The van der Waals surface area contributed by atoms with E-state index in [1.807, 2.05) is 0 Å². The van der Waals surface area contributed by atoms with Crippen LogP contribution in [-0.2, 0) is 0 Å². The molecular formula is C11H24N2S. The van der Waals surface area contributed by atoms with Gasteiger partial charge in [-0.25, -0.2) is 0 Å². The molecule has 1 atom stereocenters. The molecule has 0 radical (unpaired) electrons. The Morgan fingerprint density at radius 2 is 1.93 bits per heavy atom. The first kappa shape index (κ1) is 13.7. The van der Waals surface area contributed by atoms with E-state index >= 15 is 0 Å². The van der Waals surface area contributed by atoms with Gasteiger partial charge in [0, 0.05) is 12.6 Å². The maximum Gasteiger partial charge on any atom is 0.166 e. The molecule has 0 rings (SSSR count). The Hall–Kier alpha value is -0.310. The van der Waals surface area contributed by atoms with Gasteiger partial charge in [-0.1, -0.05) is 33.1 Å². The van der Waals surface area contributed by atoms with Gasteiger partial charge in [0.2, 0.25) is 0 Å². The molecule has 0 bridgehead atoms. The summed E-state index contributed by atoms with van der Waals surface area (Å²) in [4.78, 5) is 0. The molecule has 0 saturated heterocycles. The van der Waals surface area contributed by atoms with Gasteiger partial charge < -0.3 is 10.6 Å². The third-order valence-corrected chi connectivity index (χ3v) is 2.42. The summed E-state index contributed by atoms with van der Waals surface area (Å²) in [7, 11) is 0. The van der Waals surface area contributed by atoms with E-state index in [1.54, 1.807) is 0 Å². The Morgan fingerprint density at radius 3 is 2.50 bits per heavy atom. The van der Waals surface area contributed by atoms with Crippen molar-refractivity contribution in [2.75, 3.05) is 6.54 Å². The molecule has 0 saturated carbocycles.